The highest BCUT2D eigenvalue weighted by Gasteiger charge is 2.46. The van der Waals surface area contributed by atoms with E-state index in [2.05, 4.69) is 27.7 Å². The predicted molar refractivity (Wildman–Crippen MR) is 177 cm³/mol. The summed E-state index contributed by atoms with van der Waals surface area (Å²) < 4.78 is 0. The summed E-state index contributed by atoms with van der Waals surface area (Å²) in [6, 6.07) is 15.3. The van der Waals surface area contributed by atoms with Crippen LogP contribution in [0.1, 0.15) is 90.4 Å². The number of rotatable bonds is 12. The fourth-order valence-corrected chi connectivity index (χ4v) is 6.50. The van der Waals surface area contributed by atoms with E-state index >= 15 is 0 Å². The molecule has 8 nitrogen and oxygen atoms in total. The van der Waals surface area contributed by atoms with Crippen LogP contribution in [0.15, 0.2) is 48.5 Å². The SMILES string of the molecule is CCCCC(CC)CN1C(=O)/C(=C2/C(=O)N(CC(CC)CCCC)c3nc4ccccc4nc32)c2nc3ccccc3nc21. The molecule has 0 saturated carbocycles. The Balaban J connectivity index is 1.55. The van der Waals surface area contributed by atoms with E-state index in [9.17, 15) is 9.59 Å². The second kappa shape index (κ2) is 12.8. The van der Waals surface area contributed by atoms with Gasteiger partial charge in [0.15, 0.2) is 11.6 Å². The Kier molecular flexibility index (Phi) is 8.69. The molecule has 6 rings (SSSR count). The lowest BCUT2D eigenvalue weighted by molar-refractivity contribution is -0.114. The third-order valence-corrected chi connectivity index (χ3v) is 9.23. The molecule has 0 aliphatic carbocycles. The molecule has 228 valence electrons. The number of amides is 2. The number of anilines is 2. The number of hydrogen-bond acceptors (Lipinski definition) is 6. The van der Waals surface area contributed by atoms with Crippen molar-refractivity contribution in [3.63, 3.8) is 0 Å². The Morgan fingerprint density at radius 1 is 0.568 bits per heavy atom. The van der Waals surface area contributed by atoms with Gasteiger partial charge in [-0.05, 0) is 48.9 Å². The van der Waals surface area contributed by atoms with Crippen LogP contribution in [-0.2, 0) is 9.59 Å². The van der Waals surface area contributed by atoms with Gasteiger partial charge in [0.2, 0.25) is 0 Å². The summed E-state index contributed by atoms with van der Waals surface area (Å²) in [6.45, 7) is 9.79. The maximum atomic E-state index is 14.6. The Hall–Kier alpha value is -4.20. The molecular weight excluding hydrogens is 548 g/mol. The Labute approximate surface area is 259 Å². The minimum absolute atomic E-state index is 0.227. The summed E-state index contributed by atoms with van der Waals surface area (Å²) in [4.78, 5) is 52.6. The van der Waals surface area contributed by atoms with Crippen LogP contribution in [0.2, 0.25) is 0 Å². The third-order valence-electron chi connectivity index (χ3n) is 9.23. The Bertz CT molecular complexity index is 1620. The highest BCUT2D eigenvalue weighted by atomic mass is 16.2. The van der Waals surface area contributed by atoms with E-state index in [-0.39, 0.29) is 11.8 Å². The van der Waals surface area contributed by atoms with Gasteiger partial charge in [-0.1, -0.05) is 90.5 Å². The molecule has 2 aromatic carbocycles. The number of fused-ring (bicyclic) bond motifs is 4. The van der Waals surface area contributed by atoms with E-state index in [1.807, 2.05) is 48.5 Å². The van der Waals surface area contributed by atoms with Gasteiger partial charge in [-0.15, -0.1) is 0 Å². The second-order valence-electron chi connectivity index (χ2n) is 12.2. The van der Waals surface area contributed by atoms with Crippen molar-refractivity contribution in [2.45, 2.75) is 79.1 Å². The van der Waals surface area contributed by atoms with Gasteiger partial charge in [-0.2, -0.15) is 0 Å². The van der Waals surface area contributed by atoms with Gasteiger partial charge >= 0.3 is 0 Å². The maximum absolute atomic E-state index is 14.6. The summed E-state index contributed by atoms with van der Waals surface area (Å²) in [6.07, 6.45) is 8.38. The quantitative estimate of drug-likeness (QED) is 0.158. The molecule has 0 radical (unpaired) electrons. The van der Waals surface area contributed by atoms with Crippen molar-refractivity contribution in [2.75, 3.05) is 22.9 Å². The van der Waals surface area contributed by atoms with Crippen LogP contribution >= 0.6 is 0 Å². The molecule has 4 heterocycles. The van der Waals surface area contributed by atoms with Crippen LogP contribution in [0.4, 0.5) is 11.6 Å². The van der Waals surface area contributed by atoms with Crippen LogP contribution in [0.3, 0.4) is 0 Å². The van der Waals surface area contributed by atoms with E-state index in [0.29, 0.717) is 70.1 Å². The molecule has 0 bridgehead atoms. The molecule has 0 fully saturated rings. The first kappa shape index (κ1) is 29.9. The van der Waals surface area contributed by atoms with Crippen molar-refractivity contribution >= 4 is 56.7 Å². The zero-order chi connectivity index (χ0) is 30.8. The molecular formula is C36H42N6O2. The molecule has 2 atom stereocenters. The van der Waals surface area contributed by atoms with E-state index in [1.54, 1.807) is 9.80 Å². The van der Waals surface area contributed by atoms with E-state index in [1.165, 1.54) is 0 Å². The average Bonchev–Trinajstić information content (AvgIpc) is 3.45. The zero-order valence-corrected chi connectivity index (χ0v) is 26.3. The molecule has 2 aromatic heterocycles. The van der Waals surface area contributed by atoms with Crippen molar-refractivity contribution < 1.29 is 9.59 Å². The van der Waals surface area contributed by atoms with Crippen molar-refractivity contribution in [1.29, 1.82) is 0 Å². The van der Waals surface area contributed by atoms with Gasteiger partial charge in [0.05, 0.1) is 33.2 Å². The number of aromatic nitrogens is 4. The smallest absolute Gasteiger partial charge is 0.262 e. The molecule has 2 amide bonds. The molecule has 0 spiro atoms. The number of para-hydroxylation sites is 4. The summed E-state index contributed by atoms with van der Waals surface area (Å²) in [7, 11) is 0. The summed E-state index contributed by atoms with van der Waals surface area (Å²) in [5.41, 5.74) is 4.34. The monoisotopic (exact) mass is 590 g/mol. The lowest BCUT2D eigenvalue weighted by Gasteiger charge is -2.23. The van der Waals surface area contributed by atoms with Crippen molar-refractivity contribution in [2.24, 2.45) is 11.8 Å². The molecule has 44 heavy (non-hydrogen) atoms. The van der Waals surface area contributed by atoms with Crippen LogP contribution < -0.4 is 9.80 Å². The average molecular weight is 591 g/mol. The van der Waals surface area contributed by atoms with E-state index in [4.69, 9.17) is 19.9 Å². The van der Waals surface area contributed by atoms with Crippen LogP contribution in [0.5, 0.6) is 0 Å². The fourth-order valence-electron chi connectivity index (χ4n) is 6.50. The summed E-state index contributed by atoms with van der Waals surface area (Å²) in [5, 5.41) is 0. The summed E-state index contributed by atoms with van der Waals surface area (Å²) >= 11 is 0. The minimum Gasteiger partial charge on any atom is -0.290 e. The van der Waals surface area contributed by atoms with E-state index in [0.717, 1.165) is 62.4 Å². The highest BCUT2D eigenvalue weighted by Crippen LogP contribution is 2.45. The highest BCUT2D eigenvalue weighted by molar-refractivity contribution is 6.49. The lowest BCUT2D eigenvalue weighted by atomic mass is 9.98. The Morgan fingerprint density at radius 3 is 1.27 bits per heavy atom. The van der Waals surface area contributed by atoms with Gasteiger partial charge in [0.25, 0.3) is 11.8 Å². The van der Waals surface area contributed by atoms with Crippen molar-refractivity contribution in [1.82, 2.24) is 19.9 Å². The standard InChI is InChI=1S/C36H42N6O2/c1-5-9-15-23(7-3)21-41-33-31(37-25-17-11-13-19-27(25)39-33)29(35(41)43)30-32-34(40-28-20-14-12-18-26(28)38-32)42(36(30)44)22-24(8-4)16-10-6-2/h11-14,17-20,23-24H,5-10,15-16,21-22H2,1-4H3/b30-29+. The van der Waals surface area contributed by atoms with Gasteiger partial charge in [-0.25, -0.2) is 19.9 Å². The van der Waals surface area contributed by atoms with Gasteiger partial charge in [0.1, 0.15) is 11.4 Å². The van der Waals surface area contributed by atoms with Gasteiger partial charge < -0.3 is 0 Å². The molecule has 2 unspecified atom stereocenters. The largest absolute Gasteiger partial charge is 0.290 e. The summed E-state index contributed by atoms with van der Waals surface area (Å²) in [5.74, 6) is 1.24. The van der Waals surface area contributed by atoms with Gasteiger partial charge in [-0.3, -0.25) is 19.4 Å². The minimum atomic E-state index is -0.227. The Morgan fingerprint density at radius 2 is 0.932 bits per heavy atom. The first-order chi connectivity index (χ1) is 21.5. The number of nitrogens with zero attached hydrogens (tertiary/aromatic N) is 6. The number of carbonyl (C=O) groups is 2. The van der Waals surface area contributed by atoms with E-state index < -0.39 is 0 Å². The van der Waals surface area contributed by atoms with Crippen LogP contribution in [0.25, 0.3) is 33.2 Å². The third kappa shape index (κ3) is 5.35. The van der Waals surface area contributed by atoms with Gasteiger partial charge in [0, 0.05) is 13.1 Å². The first-order valence-electron chi connectivity index (χ1n) is 16.4. The van der Waals surface area contributed by atoms with Crippen molar-refractivity contribution in [3.05, 3.63) is 59.9 Å². The van der Waals surface area contributed by atoms with Crippen LogP contribution in [0, 0.1) is 11.8 Å². The topological polar surface area (TPSA) is 92.2 Å². The molecule has 2 aliphatic heterocycles. The second-order valence-corrected chi connectivity index (χ2v) is 12.2. The van der Waals surface area contributed by atoms with Crippen LogP contribution in [-0.4, -0.2) is 44.8 Å². The fraction of sp³-hybridized carbons (Fsp3) is 0.444. The number of unbranched alkanes of at least 4 members (excludes halogenated alkanes) is 2. The molecule has 8 heteroatoms. The predicted octanol–water partition coefficient (Wildman–Crippen LogP) is 7.61. The number of carbonyl (C=O) groups excluding carboxylic acids is 2. The molecule has 2 aliphatic rings. The first-order valence-corrected chi connectivity index (χ1v) is 16.4. The molecule has 0 saturated heterocycles. The zero-order valence-electron chi connectivity index (χ0n) is 26.3. The number of hydrogen-bond donors (Lipinski definition) is 0. The van der Waals surface area contributed by atoms with Crippen molar-refractivity contribution in [3.8, 4) is 0 Å². The molecule has 4 aromatic rings. The maximum Gasteiger partial charge on any atom is 0.262 e. The normalized spacial score (nSPS) is 17.5. The molecule has 0 N–H and O–H groups in total. The number of benzene rings is 2. The lowest BCUT2D eigenvalue weighted by Crippen LogP contribution is -2.34.